The van der Waals surface area contributed by atoms with Crippen LogP contribution < -0.4 is 5.73 Å². The zero-order valence-corrected chi connectivity index (χ0v) is 9.67. The van der Waals surface area contributed by atoms with Crippen molar-refractivity contribution in [1.82, 2.24) is 10.2 Å². The van der Waals surface area contributed by atoms with Crippen LogP contribution in [-0.2, 0) is 0 Å². The lowest BCUT2D eigenvalue weighted by atomic mass is 10.0. The van der Waals surface area contributed by atoms with Gasteiger partial charge in [0.25, 0.3) is 5.22 Å². The maximum absolute atomic E-state index is 5.97. The fourth-order valence-electron chi connectivity index (χ4n) is 0.971. The number of aromatic nitrogens is 2. The Labute approximate surface area is 88.7 Å². The number of nitrogens with two attached hydrogens (primary N) is 1. The monoisotopic (exact) mass is 215 g/mol. The van der Waals surface area contributed by atoms with E-state index in [1.54, 1.807) is 6.92 Å². The van der Waals surface area contributed by atoms with E-state index in [-0.39, 0.29) is 6.04 Å². The van der Waals surface area contributed by atoms with E-state index in [2.05, 4.69) is 24.0 Å². The molecule has 4 nitrogen and oxygen atoms in total. The molecule has 14 heavy (non-hydrogen) atoms. The molecule has 1 rings (SSSR count). The Morgan fingerprint density at radius 1 is 1.50 bits per heavy atom. The largest absolute Gasteiger partial charge is 0.416 e. The Hall–Kier alpha value is -0.550. The number of hydrogen-bond acceptors (Lipinski definition) is 5. The van der Waals surface area contributed by atoms with E-state index < -0.39 is 0 Å². The van der Waals surface area contributed by atoms with Crippen LogP contribution in [0.4, 0.5) is 0 Å². The van der Waals surface area contributed by atoms with Gasteiger partial charge in [0.05, 0.1) is 0 Å². The molecule has 0 saturated carbocycles. The zero-order valence-electron chi connectivity index (χ0n) is 8.86. The molecule has 1 aromatic rings. The van der Waals surface area contributed by atoms with Gasteiger partial charge in [-0.25, -0.2) is 0 Å². The predicted molar refractivity (Wildman–Crippen MR) is 57.2 cm³/mol. The minimum Gasteiger partial charge on any atom is -0.416 e. The molecular weight excluding hydrogens is 198 g/mol. The van der Waals surface area contributed by atoms with Crippen molar-refractivity contribution >= 4 is 11.8 Å². The maximum Gasteiger partial charge on any atom is 0.276 e. The summed E-state index contributed by atoms with van der Waals surface area (Å²) in [5.41, 5.74) is 5.97. The Balaban J connectivity index is 2.33. The summed E-state index contributed by atoms with van der Waals surface area (Å²) in [4.78, 5) is 0. The van der Waals surface area contributed by atoms with E-state index in [4.69, 9.17) is 10.2 Å². The van der Waals surface area contributed by atoms with Crippen LogP contribution in [0.1, 0.15) is 26.2 Å². The average Bonchev–Trinajstić information content (AvgIpc) is 2.59. The highest BCUT2D eigenvalue weighted by atomic mass is 32.2. The number of rotatable bonds is 5. The lowest BCUT2D eigenvalue weighted by Crippen LogP contribution is -2.30. The third-order valence-electron chi connectivity index (χ3n) is 2.28. The van der Waals surface area contributed by atoms with Gasteiger partial charge < -0.3 is 10.2 Å². The summed E-state index contributed by atoms with van der Waals surface area (Å²) >= 11 is 1.53. The molecule has 0 saturated heterocycles. The second kappa shape index (κ2) is 5.36. The molecule has 0 aliphatic heterocycles. The molecule has 2 unspecified atom stereocenters. The number of thioether (sulfide) groups is 1. The predicted octanol–water partition coefficient (Wildman–Crippen LogP) is 1.84. The molecule has 0 aliphatic carbocycles. The quantitative estimate of drug-likeness (QED) is 0.759. The highest BCUT2D eigenvalue weighted by molar-refractivity contribution is 7.99. The van der Waals surface area contributed by atoms with E-state index in [0.29, 0.717) is 17.0 Å². The smallest absolute Gasteiger partial charge is 0.276 e. The van der Waals surface area contributed by atoms with E-state index in [9.17, 15) is 0 Å². The van der Waals surface area contributed by atoms with Gasteiger partial charge in [0, 0.05) is 18.7 Å². The molecule has 80 valence electrons. The van der Waals surface area contributed by atoms with Crippen molar-refractivity contribution < 1.29 is 4.42 Å². The van der Waals surface area contributed by atoms with Crippen LogP contribution in [0, 0.1) is 12.8 Å². The first-order valence-electron chi connectivity index (χ1n) is 4.82. The molecule has 2 N–H and O–H groups in total. The standard InChI is InChI=1S/C9H17N3OS/c1-4-6(2)8(10)5-14-9-12-11-7(3)13-9/h6,8H,4-5,10H2,1-3H3. The van der Waals surface area contributed by atoms with Gasteiger partial charge in [-0.05, 0) is 5.92 Å². The minimum atomic E-state index is 0.192. The Morgan fingerprint density at radius 2 is 2.21 bits per heavy atom. The zero-order chi connectivity index (χ0) is 10.6. The number of hydrogen-bond donors (Lipinski definition) is 1. The van der Waals surface area contributed by atoms with Gasteiger partial charge in [-0.1, -0.05) is 32.0 Å². The van der Waals surface area contributed by atoms with E-state index in [1.807, 2.05) is 0 Å². The Morgan fingerprint density at radius 3 is 2.71 bits per heavy atom. The maximum atomic E-state index is 5.97. The topological polar surface area (TPSA) is 64.9 Å². The summed E-state index contributed by atoms with van der Waals surface area (Å²) in [6, 6.07) is 0.192. The van der Waals surface area contributed by atoms with Crippen molar-refractivity contribution in [3.8, 4) is 0 Å². The molecule has 0 amide bonds. The van der Waals surface area contributed by atoms with E-state index in [1.165, 1.54) is 11.8 Å². The molecule has 0 aromatic carbocycles. The van der Waals surface area contributed by atoms with Gasteiger partial charge in [0.2, 0.25) is 5.89 Å². The highest BCUT2D eigenvalue weighted by Gasteiger charge is 2.12. The molecule has 1 heterocycles. The summed E-state index contributed by atoms with van der Waals surface area (Å²) in [5, 5.41) is 8.26. The molecule has 0 bridgehead atoms. The van der Waals surface area contributed by atoms with Crippen LogP contribution in [0.25, 0.3) is 0 Å². The van der Waals surface area contributed by atoms with Crippen LogP contribution in [0.5, 0.6) is 0 Å². The van der Waals surface area contributed by atoms with Crippen LogP contribution in [0.15, 0.2) is 9.64 Å². The lowest BCUT2D eigenvalue weighted by molar-refractivity contribution is 0.426. The average molecular weight is 215 g/mol. The van der Waals surface area contributed by atoms with Gasteiger partial charge in [0.15, 0.2) is 0 Å². The fraction of sp³-hybridized carbons (Fsp3) is 0.778. The SMILES string of the molecule is CCC(C)C(N)CSc1nnc(C)o1. The summed E-state index contributed by atoms with van der Waals surface area (Å²) in [6.45, 7) is 6.09. The van der Waals surface area contributed by atoms with Crippen molar-refractivity contribution in [1.29, 1.82) is 0 Å². The lowest BCUT2D eigenvalue weighted by Gasteiger charge is -2.16. The van der Waals surface area contributed by atoms with Crippen molar-refractivity contribution in [2.45, 2.75) is 38.5 Å². The van der Waals surface area contributed by atoms with Gasteiger partial charge in [-0.15, -0.1) is 10.2 Å². The van der Waals surface area contributed by atoms with Gasteiger partial charge in [-0.2, -0.15) is 0 Å². The number of nitrogens with zero attached hydrogens (tertiary/aromatic N) is 2. The minimum absolute atomic E-state index is 0.192. The van der Waals surface area contributed by atoms with E-state index in [0.717, 1.165) is 12.2 Å². The van der Waals surface area contributed by atoms with Gasteiger partial charge >= 0.3 is 0 Å². The third kappa shape index (κ3) is 3.31. The first-order valence-corrected chi connectivity index (χ1v) is 5.80. The van der Waals surface area contributed by atoms with Crippen LogP contribution in [0.3, 0.4) is 0 Å². The van der Waals surface area contributed by atoms with Gasteiger partial charge in [0.1, 0.15) is 0 Å². The molecule has 0 aliphatic rings. The Bertz CT molecular complexity index is 277. The first kappa shape index (κ1) is 11.5. The van der Waals surface area contributed by atoms with Crippen LogP contribution in [0.2, 0.25) is 0 Å². The summed E-state index contributed by atoms with van der Waals surface area (Å²) in [6.07, 6.45) is 1.10. The van der Waals surface area contributed by atoms with E-state index >= 15 is 0 Å². The van der Waals surface area contributed by atoms with Crippen molar-refractivity contribution in [3.63, 3.8) is 0 Å². The molecule has 0 fully saturated rings. The summed E-state index contributed by atoms with van der Waals surface area (Å²) in [7, 11) is 0. The van der Waals surface area contributed by atoms with Crippen LogP contribution in [-0.4, -0.2) is 22.0 Å². The van der Waals surface area contributed by atoms with Crippen molar-refractivity contribution in [2.24, 2.45) is 11.7 Å². The molecular formula is C9H17N3OS. The third-order valence-corrected chi connectivity index (χ3v) is 3.25. The molecule has 0 radical (unpaired) electrons. The van der Waals surface area contributed by atoms with Crippen molar-refractivity contribution in [2.75, 3.05) is 5.75 Å². The normalized spacial score (nSPS) is 15.4. The summed E-state index contributed by atoms with van der Waals surface area (Å²) in [5.74, 6) is 1.97. The Kier molecular flexibility index (Phi) is 4.41. The molecule has 5 heteroatoms. The first-order chi connectivity index (χ1) is 6.63. The van der Waals surface area contributed by atoms with Crippen molar-refractivity contribution in [3.05, 3.63) is 5.89 Å². The second-order valence-electron chi connectivity index (χ2n) is 3.45. The second-order valence-corrected chi connectivity index (χ2v) is 4.42. The molecule has 2 atom stereocenters. The van der Waals surface area contributed by atoms with Gasteiger partial charge in [-0.3, -0.25) is 0 Å². The number of aryl methyl sites for hydroxylation is 1. The fourth-order valence-corrected chi connectivity index (χ4v) is 1.91. The van der Waals surface area contributed by atoms with Crippen LogP contribution >= 0.6 is 11.8 Å². The summed E-state index contributed by atoms with van der Waals surface area (Å²) < 4.78 is 5.23. The highest BCUT2D eigenvalue weighted by Crippen LogP contribution is 2.19. The molecule has 0 spiro atoms. The molecule has 1 aromatic heterocycles.